The molecule has 6 amide bonds. The van der Waals surface area contributed by atoms with Gasteiger partial charge in [-0.15, -0.1) is 0 Å². The molecule has 6 aromatic carbocycles. The molecule has 476 valence electrons. The molecule has 5 aromatic heterocycles. The second kappa shape index (κ2) is 28.8. The molecule has 13 rings (SSSR count). The Morgan fingerprint density at radius 2 is 1.23 bits per heavy atom. The summed E-state index contributed by atoms with van der Waals surface area (Å²) in [5.74, 6) is -0.326. The predicted molar refractivity (Wildman–Crippen MR) is 370 cm³/mol. The fourth-order valence-corrected chi connectivity index (χ4v) is 12.1. The third-order valence-corrected chi connectivity index (χ3v) is 16.9. The molecule has 2 aliphatic heterocycles. The maximum absolute atomic E-state index is 13.1. The number of amidine groups is 1. The molecule has 0 unspecified atom stereocenters. The van der Waals surface area contributed by atoms with E-state index in [4.69, 9.17) is 26.4 Å². The number of aromatic amines is 1. The summed E-state index contributed by atoms with van der Waals surface area (Å²) in [4.78, 5) is 85.5. The number of nitrogens with one attached hydrogen (secondary N) is 6. The highest BCUT2D eigenvalue weighted by Crippen LogP contribution is 2.41. The van der Waals surface area contributed by atoms with Gasteiger partial charge >= 0.3 is 6.09 Å². The number of benzene rings is 6. The van der Waals surface area contributed by atoms with Crippen LogP contribution in [0.1, 0.15) is 56.6 Å². The number of carbonyl (C=O) groups excluding carboxylic acids is 6. The van der Waals surface area contributed by atoms with E-state index >= 15 is 0 Å². The van der Waals surface area contributed by atoms with Crippen molar-refractivity contribution in [3.05, 3.63) is 228 Å². The molecule has 0 saturated carbocycles. The molecule has 22 heteroatoms. The second-order valence-corrected chi connectivity index (χ2v) is 23.7. The molecular weight excluding hydrogens is 1210 g/mol. The zero-order chi connectivity index (χ0) is 66.0. The minimum atomic E-state index is -0.523. The number of thioether (sulfide) groups is 1. The molecule has 94 heavy (non-hydrogen) atoms. The number of nitrogens with zero attached hydrogens (tertiary/aromatic N) is 5. The van der Waals surface area contributed by atoms with Crippen LogP contribution in [0.3, 0.4) is 0 Å². The first-order chi connectivity index (χ1) is 45.5. The summed E-state index contributed by atoms with van der Waals surface area (Å²) < 4.78 is 16.8. The fourth-order valence-electron chi connectivity index (χ4n) is 11.6. The van der Waals surface area contributed by atoms with E-state index in [1.54, 1.807) is 80.3 Å². The van der Waals surface area contributed by atoms with E-state index in [-0.39, 0.29) is 41.3 Å². The number of alkyl carbamates (subject to hydrolysis) is 1. The molecule has 0 bridgehead atoms. The standard InChI is InChI=1S/C26H26N4O3.C25H23N5O2S.C21H20N4O3/c1-29(2)11-6-12-30-15-20(18-13-16(33-3)9-10-22(18)30)24-23(25(31)28-26(24)32)19-14-27-21-8-5-4-7-17(19)21;1-29-13-17(15-7-2-4-9-19(15)29)21-22(24(32)28-23(21)31)18-14-30(11-6-12-33-25(26)27)20-10-5-3-8-16(18)20;22-18-5-1-2-6-19(18)25-20(26)17-9-7-15(8-10-17)13-24-21(27)28-14-16-4-3-11-23-12-16/h4-5,7-10,13-15,27H,6,11-12H2,1-3H3,(H,28,31,32);2-5,7-10,13-14H,6,11-12H2,1H3,(H3,26,27)(H,28,31,32);1-12H,13-14,22H2,(H,24,27)(H,25,26). The number of imide groups is 2. The third kappa shape index (κ3) is 14.2. The van der Waals surface area contributed by atoms with Gasteiger partial charge in [0.1, 0.15) is 12.4 Å². The van der Waals surface area contributed by atoms with Crippen LogP contribution in [0.4, 0.5) is 16.2 Å². The average Bonchev–Trinajstić information content (AvgIpc) is 1.59. The molecule has 0 aliphatic carbocycles. The van der Waals surface area contributed by atoms with Crippen molar-refractivity contribution in [2.24, 2.45) is 12.8 Å². The normalized spacial score (nSPS) is 12.9. The lowest BCUT2D eigenvalue weighted by atomic mass is 9.95. The van der Waals surface area contributed by atoms with Gasteiger partial charge in [-0.3, -0.25) is 45.0 Å². The Bertz CT molecular complexity index is 4790. The molecule has 21 nitrogen and oxygen atoms in total. The first kappa shape index (κ1) is 64.1. The van der Waals surface area contributed by atoms with Crippen LogP contribution in [0, 0.1) is 5.41 Å². The molecule has 0 radical (unpaired) electrons. The summed E-state index contributed by atoms with van der Waals surface area (Å²) in [5, 5.41) is 21.6. The first-order valence-corrected chi connectivity index (χ1v) is 31.3. The number of nitrogen functional groups attached to an aromatic ring is 1. The van der Waals surface area contributed by atoms with Crippen molar-refractivity contribution in [2.75, 3.05) is 44.6 Å². The largest absolute Gasteiger partial charge is 0.497 e. The zero-order valence-electron chi connectivity index (χ0n) is 52.1. The number of nitrogens with two attached hydrogens (primary N) is 2. The Hall–Kier alpha value is -11.5. The van der Waals surface area contributed by atoms with Gasteiger partial charge in [-0.25, -0.2) is 4.79 Å². The highest BCUT2D eigenvalue weighted by molar-refractivity contribution is 8.13. The number of carbonyl (C=O) groups is 6. The average molecular weight is 1280 g/mol. The number of hydrogen-bond donors (Lipinski definition) is 8. The van der Waals surface area contributed by atoms with E-state index in [0.717, 1.165) is 109 Å². The second-order valence-electron chi connectivity index (χ2n) is 22.6. The smallest absolute Gasteiger partial charge is 0.407 e. The van der Waals surface area contributed by atoms with Crippen LogP contribution >= 0.6 is 11.8 Å². The summed E-state index contributed by atoms with van der Waals surface area (Å²) in [6, 6.07) is 47.0. The quantitative estimate of drug-likeness (QED) is 0.0123. The number of amides is 6. The van der Waals surface area contributed by atoms with Crippen molar-refractivity contribution in [3.63, 3.8) is 0 Å². The van der Waals surface area contributed by atoms with Crippen molar-refractivity contribution in [1.29, 1.82) is 5.41 Å². The summed E-state index contributed by atoms with van der Waals surface area (Å²) in [6.07, 6.45) is 12.2. The molecular formula is C72H69N13O8S. The number of ether oxygens (including phenoxy) is 2. The number of methoxy groups -OCH3 is 1. The summed E-state index contributed by atoms with van der Waals surface area (Å²) in [5.41, 5.74) is 23.0. The molecule has 2 aliphatic rings. The fraction of sp³-hybridized carbons (Fsp3) is 0.167. The Morgan fingerprint density at radius 1 is 0.649 bits per heavy atom. The number of anilines is 2. The summed E-state index contributed by atoms with van der Waals surface area (Å²) >= 11 is 1.32. The number of H-pyrrole nitrogens is 1. The summed E-state index contributed by atoms with van der Waals surface area (Å²) in [7, 11) is 7.66. The lowest BCUT2D eigenvalue weighted by Crippen LogP contribution is -2.23. The highest BCUT2D eigenvalue weighted by atomic mass is 32.2. The van der Waals surface area contributed by atoms with Gasteiger partial charge in [0, 0.05) is 147 Å². The number of pyridine rings is 1. The van der Waals surface area contributed by atoms with Crippen molar-refractivity contribution >= 4 is 130 Å². The molecule has 0 fully saturated rings. The van der Waals surface area contributed by atoms with Crippen LogP contribution in [-0.4, -0.2) is 103 Å². The molecule has 7 heterocycles. The van der Waals surface area contributed by atoms with Gasteiger partial charge in [-0.2, -0.15) is 0 Å². The first-order valence-electron chi connectivity index (χ1n) is 30.3. The predicted octanol–water partition coefficient (Wildman–Crippen LogP) is 10.7. The van der Waals surface area contributed by atoms with Gasteiger partial charge < -0.3 is 55.2 Å². The highest BCUT2D eigenvalue weighted by Gasteiger charge is 2.37. The van der Waals surface area contributed by atoms with E-state index in [1.165, 1.54) is 11.8 Å². The van der Waals surface area contributed by atoms with Crippen LogP contribution in [0.15, 0.2) is 189 Å². The monoisotopic (exact) mass is 1280 g/mol. The molecule has 11 aromatic rings. The van der Waals surface area contributed by atoms with Gasteiger partial charge in [0.05, 0.1) is 40.8 Å². The Kier molecular flexibility index (Phi) is 19.6. The number of aryl methyl sites for hydroxylation is 3. The van der Waals surface area contributed by atoms with Crippen LogP contribution in [0.2, 0.25) is 0 Å². The van der Waals surface area contributed by atoms with E-state index < -0.39 is 6.09 Å². The van der Waals surface area contributed by atoms with Crippen LogP contribution < -0.4 is 37.5 Å². The zero-order valence-corrected chi connectivity index (χ0v) is 52.9. The minimum Gasteiger partial charge on any atom is -0.497 e. The summed E-state index contributed by atoms with van der Waals surface area (Å²) in [6.45, 7) is 2.91. The SMILES string of the molecule is COc1ccc2c(c1)c(C1=C(c3c[nH]c4ccccc34)C(=O)NC1=O)cn2CCCN(C)C.Cn1cc(C2=C(c3cn(CCCSC(=N)N)c4ccccc34)C(=O)NC2=O)c2ccccc21.Nc1ccccc1NC(=O)c1ccc(CNC(=O)OCc2cccnc2)cc1. The number of hydrogen-bond acceptors (Lipinski definition) is 13. The van der Waals surface area contributed by atoms with Crippen molar-refractivity contribution in [2.45, 2.75) is 39.1 Å². The number of rotatable bonds is 19. The number of fused-ring (bicyclic) bond motifs is 4. The topological polar surface area (TPSA) is 292 Å². The lowest BCUT2D eigenvalue weighted by Gasteiger charge is -2.10. The number of para-hydroxylation sites is 5. The Balaban J connectivity index is 0.000000145. The maximum Gasteiger partial charge on any atom is 0.407 e. The van der Waals surface area contributed by atoms with E-state index in [1.807, 2.05) is 127 Å². The van der Waals surface area contributed by atoms with Crippen molar-refractivity contribution in [3.8, 4) is 5.75 Å². The number of aromatic nitrogens is 5. The maximum atomic E-state index is 13.1. The molecule has 0 saturated heterocycles. The van der Waals surface area contributed by atoms with Crippen LogP contribution in [0.25, 0.3) is 65.9 Å². The van der Waals surface area contributed by atoms with E-state index in [9.17, 15) is 28.8 Å². The van der Waals surface area contributed by atoms with E-state index in [0.29, 0.717) is 58.1 Å². The molecule has 0 spiro atoms. The molecule has 0 atom stereocenters. The van der Waals surface area contributed by atoms with Crippen LogP contribution in [-0.2, 0) is 57.2 Å². The Labute approximate surface area is 545 Å². The van der Waals surface area contributed by atoms with Gasteiger partial charge in [0.2, 0.25) is 0 Å². The van der Waals surface area contributed by atoms with Crippen molar-refractivity contribution in [1.82, 2.24) is 44.5 Å². The van der Waals surface area contributed by atoms with Gasteiger partial charge in [-0.05, 0) is 106 Å². The van der Waals surface area contributed by atoms with Gasteiger partial charge in [-0.1, -0.05) is 96.7 Å². The van der Waals surface area contributed by atoms with Crippen LogP contribution in [0.5, 0.6) is 5.75 Å². The Morgan fingerprint density at radius 3 is 1.88 bits per heavy atom. The van der Waals surface area contributed by atoms with E-state index in [2.05, 4.69) is 59.4 Å². The molecule has 10 N–H and O–H groups in total. The third-order valence-electron chi connectivity index (χ3n) is 16.1. The lowest BCUT2D eigenvalue weighted by molar-refractivity contribution is -0.124. The van der Waals surface area contributed by atoms with Gasteiger partial charge in [0.25, 0.3) is 29.5 Å². The minimum absolute atomic E-state index is 0.110. The van der Waals surface area contributed by atoms with Crippen molar-refractivity contribution < 1.29 is 38.2 Å². The van der Waals surface area contributed by atoms with Gasteiger partial charge in [0.15, 0.2) is 5.17 Å².